The van der Waals surface area contributed by atoms with E-state index in [-0.39, 0.29) is 11.7 Å². The fourth-order valence-electron chi connectivity index (χ4n) is 3.14. The van der Waals surface area contributed by atoms with Crippen molar-refractivity contribution in [2.45, 2.75) is 58.6 Å². The van der Waals surface area contributed by atoms with Gasteiger partial charge in [0.2, 0.25) is 0 Å². The van der Waals surface area contributed by atoms with Crippen LogP contribution in [0.15, 0.2) is 0 Å². The molecule has 1 heterocycles. The first-order valence-corrected chi connectivity index (χ1v) is 6.38. The SMILES string of the molecule is CC1C2CCCC2CN1C(=O)OC(C)(C)C. The van der Waals surface area contributed by atoms with E-state index in [1.165, 1.54) is 19.3 Å². The molecule has 2 fully saturated rings. The number of amides is 1. The molecule has 3 heteroatoms. The van der Waals surface area contributed by atoms with Gasteiger partial charge < -0.3 is 9.64 Å². The van der Waals surface area contributed by atoms with Gasteiger partial charge >= 0.3 is 6.09 Å². The zero-order chi connectivity index (χ0) is 11.9. The van der Waals surface area contributed by atoms with Crippen molar-refractivity contribution in [3.63, 3.8) is 0 Å². The van der Waals surface area contributed by atoms with Gasteiger partial charge in [0.15, 0.2) is 0 Å². The van der Waals surface area contributed by atoms with Crippen molar-refractivity contribution >= 4 is 6.09 Å². The van der Waals surface area contributed by atoms with Crippen LogP contribution in [0.25, 0.3) is 0 Å². The predicted octanol–water partition coefficient (Wildman–Crippen LogP) is 3.04. The van der Waals surface area contributed by atoms with Crippen molar-refractivity contribution in [2.75, 3.05) is 6.54 Å². The first-order valence-electron chi connectivity index (χ1n) is 6.38. The molecule has 2 rings (SSSR count). The summed E-state index contributed by atoms with van der Waals surface area (Å²) in [4.78, 5) is 13.9. The number of likely N-dealkylation sites (tertiary alicyclic amines) is 1. The number of hydrogen-bond donors (Lipinski definition) is 0. The van der Waals surface area contributed by atoms with Crippen LogP contribution >= 0.6 is 0 Å². The summed E-state index contributed by atoms with van der Waals surface area (Å²) in [5.74, 6) is 1.44. The fourth-order valence-corrected chi connectivity index (χ4v) is 3.14. The first kappa shape index (κ1) is 11.7. The molecule has 1 saturated heterocycles. The van der Waals surface area contributed by atoms with E-state index in [0.717, 1.165) is 12.5 Å². The van der Waals surface area contributed by atoms with Crippen LogP contribution < -0.4 is 0 Å². The molecule has 3 nitrogen and oxygen atoms in total. The third-order valence-electron chi connectivity index (χ3n) is 3.89. The van der Waals surface area contributed by atoms with E-state index in [9.17, 15) is 4.79 Å². The summed E-state index contributed by atoms with van der Waals surface area (Å²) in [5, 5.41) is 0. The van der Waals surface area contributed by atoms with Crippen molar-refractivity contribution in [3.05, 3.63) is 0 Å². The van der Waals surface area contributed by atoms with Gasteiger partial charge in [0, 0.05) is 12.6 Å². The van der Waals surface area contributed by atoms with Crippen LogP contribution in [-0.4, -0.2) is 29.2 Å². The molecule has 16 heavy (non-hydrogen) atoms. The van der Waals surface area contributed by atoms with Crippen LogP contribution in [0.5, 0.6) is 0 Å². The number of nitrogens with zero attached hydrogens (tertiary/aromatic N) is 1. The molecule has 92 valence electrons. The van der Waals surface area contributed by atoms with E-state index in [2.05, 4.69) is 6.92 Å². The quantitative estimate of drug-likeness (QED) is 0.634. The average molecular weight is 225 g/mol. The second-order valence-corrected chi connectivity index (χ2v) is 6.23. The third-order valence-corrected chi connectivity index (χ3v) is 3.89. The van der Waals surface area contributed by atoms with Crippen molar-refractivity contribution in [2.24, 2.45) is 11.8 Å². The molecule has 0 spiro atoms. The summed E-state index contributed by atoms with van der Waals surface area (Å²) < 4.78 is 5.44. The molecule has 1 aliphatic heterocycles. The highest BCUT2D eigenvalue weighted by Gasteiger charge is 2.44. The molecule has 3 atom stereocenters. The molecular weight excluding hydrogens is 202 g/mol. The summed E-state index contributed by atoms with van der Waals surface area (Å²) in [7, 11) is 0. The van der Waals surface area contributed by atoms with E-state index in [1.54, 1.807) is 0 Å². The molecule has 0 radical (unpaired) electrons. The minimum absolute atomic E-state index is 0.130. The zero-order valence-corrected chi connectivity index (χ0v) is 10.8. The summed E-state index contributed by atoms with van der Waals surface area (Å²) >= 11 is 0. The van der Waals surface area contributed by atoms with Gasteiger partial charge in [0.25, 0.3) is 0 Å². The average Bonchev–Trinajstić information content (AvgIpc) is 2.66. The number of rotatable bonds is 0. The molecule has 1 aliphatic carbocycles. The third kappa shape index (κ3) is 2.18. The Kier molecular flexibility index (Phi) is 2.89. The summed E-state index contributed by atoms with van der Waals surface area (Å²) in [6.45, 7) is 8.84. The highest BCUT2D eigenvalue weighted by atomic mass is 16.6. The topological polar surface area (TPSA) is 29.5 Å². The second kappa shape index (κ2) is 3.94. The zero-order valence-electron chi connectivity index (χ0n) is 10.8. The van der Waals surface area contributed by atoms with Crippen molar-refractivity contribution < 1.29 is 9.53 Å². The van der Waals surface area contributed by atoms with E-state index in [1.807, 2.05) is 25.7 Å². The van der Waals surface area contributed by atoms with Crippen LogP contribution in [0.3, 0.4) is 0 Å². The molecule has 2 aliphatic rings. The van der Waals surface area contributed by atoms with Crippen molar-refractivity contribution in [1.82, 2.24) is 4.90 Å². The first-order chi connectivity index (χ1) is 7.38. The second-order valence-electron chi connectivity index (χ2n) is 6.23. The Bertz CT molecular complexity index is 282. The summed E-state index contributed by atoms with van der Waals surface area (Å²) in [6, 6.07) is 0.363. The smallest absolute Gasteiger partial charge is 0.410 e. The van der Waals surface area contributed by atoms with E-state index in [4.69, 9.17) is 4.74 Å². The van der Waals surface area contributed by atoms with Crippen LogP contribution in [0.1, 0.15) is 47.0 Å². The lowest BCUT2D eigenvalue weighted by atomic mass is 9.95. The normalized spacial score (nSPS) is 34.0. The Morgan fingerprint density at radius 1 is 1.31 bits per heavy atom. The maximum Gasteiger partial charge on any atom is 0.410 e. The lowest BCUT2D eigenvalue weighted by Gasteiger charge is -2.28. The number of carbonyl (C=O) groups excluding carboxylic acids is 1. The number of ether oxygens (including phenoxy) is 1. The van der Waals surface area contributed by atoms with Crippen molar-refractivity contribution in [3.8, 4) is 0 Å². The van der Waals surface area contributed by atoms with Crippen molar-refractivity contribution in [1.29, 1.82) is 0 Å². The molecule has 1 amide bonds. The highest BCUT2D eigenvalue weighted by Crippen LogP contribution is 2.42. The summed E-state index contributed by atoms with van der Waals surface area (Å²) in [5.41, 5.74) is -0.380. The van der Waals surface area contributed by atoms with Crippen LogP contribution in [0.2, 0.25) is 0 Å². The van der Waals surface area contributed by atoms with Crippen LogP contribution in [0.4, 0.5) is 4.79 Å². The lowest BCUT2D eigenvalue weighted by Crippen LogP contribution is -2.40. The van der Waals surface area contributed by atoms with Gasteiger partial charge in [-0.15, -0.1) is 0 Å². The molecular formula is C13H23NO2. The Morgan fingerprint density at radius 3 is 2.56 bits per heavy atom. The van der Waals surface area contributed by atoms with Gasteiger partial charge in [0.1, 0.15) is 5.60 Å². The highest BCUT2D eigenvalue weighted by molar-refractivity contribution is 5.69. The van der Waals surface area contributed by atoms with Crippen LogP contribution in [-0.2, 0) is 4.74 Å². The predicted molar refractivity (Wildman–Crippen MR) is 63.2 cm³/mol. The molecule has 0 aromatic carbocycles. The monoisotopic (exact) mass is 225 g/mol. The Labute approximate surface area is 98.1 Å². The molecule has 3 unspecified atom stereocenters. The van der Waals surface area contributed by atoms with Gasteiger partial charge in [-0.2, -0.15) is 0 Å². The maximum atomic E-state index is 12.0. The van der Waals surface area contributed by atoms with Gasteiger partial charge in [-0.05, 0) is 52.4 Å². The van der Waals surface area contributed by atoms with E-state index >= 15 is 0 Å². The van der Waals surface area contributed by atoms with E-state index in [0.29, 0.717) is 12.0 Å². The largest absolute Gasteiger partial charge is 0.444 e. The molecule has 0 bridgehead atoms. The fraction of sp³-hybridized carbons (Fsp3) is 0.923. The Morgan fingerprint density at radius 2 is 2.00 bits per heavy atom. The minimum Gasteiger partial charge on any atom is -0.444 e. The number of hydrogen-bond acceptors (Lipinski definition) is 2. The lowest BCUT2D eigenvalue weighted by molar-refractivity contribution is 0.0216. The molecule has 0 aromatic heterocycles. The summed E-state index contributed by atoms with van der Waals surface area (Å²) in [6.07, 6.45) is 3.77. The van der Waals surface area contributed by atoms with Gasteiger partial charge in [-0.1, -0.05) is 6.42 Å². The van der Waals surface area contributed by atoms with Gasteiger partial charge in [-0.3, -0.25) is 0 Å². The van der Waals surface area contributed by atoms with Crippen LogP contribution in [0, 0.1) is 11.8 Å². The molecule has 0 N–H and O–H groups in total. The number of carbonyl (C=O) groups is 1. The number of fused-ring (bicyclic) bond motifs is 1. The Hall–Kier alpha value is -0.730. The maximum absolute atomic E-state index is 12.0. The standard InChI is InChI=1S/C13H23NO2/c1-9-11-7-5-6-10(11)8-14(9)12(15)16-13(2,3)4/h9-11H,5-8H2,1-4H3. The molecule has 1 saturated carbocycles. The van der Waals surface area contributed by atoms with Gasteiger partial charge in [-0.25, -0.2) is 4.79 Å². The minimum atomic E-state index is -0.380. The van der Waals surface area contributed by atoms with E-state index < -0.39 is 0 Å². The van der Waals surface area contributed by atoms with Gasteiger partial charge in [0.05, 0.1) is 0 Å². The Balaban J connectivity index is 1.99. The molecule has 0 aromatic rings.